The summed E-state index contributed by atoms with van der Waals surface area (Å²) in [6.45, 7) is 5.52. The third-order valence-electron chi connectivity index (χ3n) is 5.99. The second kappa shape index (κ2) is 5.62. The topological polar surface area (TPSA) is 51.5 Å². The Morgan fingerprint density at radius 2 is 1.92 bits per heavy atom. The van der Waals surface area contributed by atoms with Crippen LogP contribution in [0.1, 0.15) is 49.3 Å². The van der Waals surface area contributed by atoms with Gasteiger partial charge in [-0.25, -0.2) is 0 Å². The highest BCUT2D eigenvalue weighted by molar-refractivity contribution is 6.31. The van der Waals surface area contributed by atoms with Crippen LogP contribution < -0.4 is 4.74 Å². The normalized spacial score (nSPS) is 28.6. The van der Waals surface area contributed by atoms with Crippen molar-refractivity contribution in [3.05, 3.63) is 27.8 Å². The minimum Gasteiger partial charge on any atom is -0.486 e. The van der Waals surface area contributed by atoms with Crippen LogP contribution in [0.5, 0.6) is 5.75 Å². The molecule has 3 aliphatic rings. The fourth-order valence-corrected chi connectivity index (χ4v) is 4.76. The van der Waals surface area contributed by atoms with E-state index < -0.39 is 0 Å². The summed E-state index contributed by atoms with van der Waals surface area (Å²) in [7, 11) is 0. The zero-order chi connectivity index (χ0) is 16.9. The Morgan fingerprint density at radius 1 is 1.25 bits per heavy atom. The SMILES string of the molecule is Cc1c(C#N)cc(Cl)c2c1OC(C)(C1CCC3(CC1)OCCO3)C2. The molecule has 1 saturated heterocycles. The lowest BCUT2D eigenvalue weighted by Crippen LogP contribution is -2.45. The van der Waals surface area contributed by atoms with Gasteiger partial charge in [0, 0.05) is 35.4 Å². The minimum atomic E-state index is -0.347. The molecule has 1 spiro atoms. The van der Waals surface area contributed by atoms with Crippen molar-refractivity contribution in [3.8, 4) is 11.8 Å². The lowest BCUT2D eigenvalue weighted by atomic mass is 9.74. The first-order valence-electron chi connectivity index (χ1n) is 8.65. The van der Waals surface area contributed by atoms with Crippen molar-refractivity contribution < 1.29 is 14.2 Å². The van der Waals surface area contributed by atoms with Gasteiger partial charge in [0.15, 0.2) is 5.79 Å². The maximum Gasteiger partial charge on any atom is 0.168 e. The molecule has 0 radical (unpaired) electrons. The molecule has 1 aromatic rings. The molecule has 0 N–H and O–H groups in total. The van der Waals surface area contributed by atoms with E-state index in [-0.39, 0.29) is 11.4 Å². The third kappa shape index (κ3) is 2.42. The average Bonchev–Trinajstić information content (AvgIpc) is 3.17. The quantitative estimate of drug-likeness (QED) is 0.765. The van der Waals surface area contributed by atoms with Crippen molar-refractivity contribution in [2.45, 2.75) is 57.3 Å². The molecule has 0 bridgehead atoms. The van der Waals surface area contributed by atoms with Crippen LogP contribution in [0.15, 0.2) is 6.07 Å². The van der Waals surface area contributed by atoms with Gasteiger partial charge in [0.2, 0.25) is 0 Å². The number of hydrogen-bond donors (Lipinski definition) is 0. The number of ether oxygens (including phenoxy) is 3. The summed E-state index contributed by atoms with van der Waals surface area (Å²) in [6.07, 6.45) is 4.68. The van der Waals surface area contributed by atoms with Gasteiger partial charge < -0.3 is 14.2 Å². The molecule has 0 aromatic heterocycles. The first-order valence-corrected chi connectivity index (χ1v) is 9.03. The first kappa shape index (κ1) is 16.2. The molecule has 1 aliphatic carbocycles. The van der Waals surface area contributed by atoms with E-state index in [1.54, 1.807) is 6.07 Å². The van der Waals surface area contributed by atoms with Crippen LogP contribution >= 0.6 is 11.6 Å². The lowest BCUT2D eigenvalue weighted by Gasteiger charge is -2.41. The summed E-state index contributed by atoms with van der Waals surface area (Å²) in [4.78, 5) is 0. The van der Waals surface area contributed by atoms with E-state index in [4.69, 9.17) is 25.8 Å². The van der Waals surface area contributed by atoms with E-state index in [9.17, 15) is 5.26 Å². The molecule has 24 heavy (non-hydrogen) atoms. The zero-order valence-corrected chi connectivity index (χ0v) is 14.9. The van der Waals surface area contributed by atoms with Gasteiger partial charge in [-0.05, 0) is 38.7 Å². The fourth-order valence-electron chi connectivity index (χ4n) is 4.50. The number of fused-ring (bicyclic) bond motifs is 1. The van der Waals surface area contributed by atoms with E-state index in [1.165, 1.54) is 0 Å². The Kier molecular flexibility index (Phi) is 3.80. The predicted molar refractivity (Wildman–Crippen MR) is 90.2 cm³/mol. The summed E-state index contributed by atoms with van der Waals surface area (Å²) < 4.78 is 18.1. The van der Waals surface area contributed by atoms with Crippen LogP contribution in [0, 0.1) is 24.2 Å². The highest BCUT2D eigenvalue weighted by atomic mass is 35.5. The predicted octanol–water partition coefficient (Wildman–Crippen LogP) is 4.15. The van der Waals surface area contributed by atoms with Gasteiger partial charge >= 0.3 is 0 Å². The highest BCUT2D eigenvalue weighted by Gasteiger charge is 2.49. The maximum absolute atomic E-state index is 9.28. The fraction of sp³-hybridized carbons (Fsp3) is 0.632. The van der Waals surface area contributed by atoms with Crippen molar-refractivity contribution in [2.24, 2.45) is 5.92 Å². The van der Waals surface area contributed by atoms with Crippen molar-refractivity contribution in [3.63, 3.8) is 0 Å². The highest BCUT2D eigenvalue weighted by Crippen LogP contribution is 2.50. The third-order valence-corrected chi connectivity index (χ3v) is 6.32. The molecule has 2 heterocycles. The summed E-state index contributed by atoms with van der Waals surface area (Å²) >= 11 is 6.42. The second-order valence-corrected chi connectivity index (χ2v) is 7.83. The number of benzene rings is 1. The molecule has 4 nitrogen and oxygen atoms in total. The summed E-state index contributed by atoms with van der Waals surface area (Å²) in [5.41, 5.74) is 2.27. The number of rotatable bonds is 1. The summed E-state index contributed by atoms with van der Waals surface area (Å²) in [6, 6.07) is 3.97. The lowest BCUT2D eigenvalue weighted by molar-refractivity contribution is -0.190. The van der Waals surface area contributed by atoms with E-state index in [0.29, 0.717) is 29.7 Å². The van der Waals surface area contributed by atoms with Gasteiger partial charge in [-0.1, -0.05) is 11.6 Å². The molecule has 128 valence electrons. The summed E-state index contributed by atoms with van der Waals surface area (Å²) in [5, 5.41) is 9.92. The van der Waals surface area contributed by atoms with Gasteiger partial charge in [-0.2, -0.15) is 5.26 Å². The van der Waals surface area contributed by atoms with E-state index in [0.717, 1.165) is 49.0 Å². The van der Waals surface area contributed by atoms with Gasteiger partial charge in [-0.3, -0.25) is 0 Å². The van der Waals surface area contributed by atoms with Crippen LogP contribution in [0.25, 0.3) is 0 Å². The molecule has 1 saturated carbocycles. The van der Waals surface area contributed by atoms with Crippen molar-refractivity contribution in [1.29, 1.82) is 5.26 Å². The molecule has 1 atom stereocenters. The molecule has 2 fully saturated rings. The van der Waals surface area contributed by atoms with Crippen LogP contribution in [0.4, 0.5) is 0 Å². The Labute approximate surface area is 147 Å². The number of nitriles is 1. The Hall–Kier alpha value is -1.28. The molecule has 4 rings (SSSR count). The smallest absolute Gasteiger partial charge is 0.168 e. The Balaban J connectivity index is 1.56. The maximum atomic E-state index is 9.28. The van der Waals surface area contributed by atoms with E-state index in [1.807, 2.05) is 6.92 Å². The average molecular weight is 348 g/mol. The second-order valence-electron chi connectivity index (χ2n) is 7.42. The van der Waals surface area contributed by atoms with Crippen molar-refractivity contribution >= 4 is 11.6 Å². The Morgan fingerprint density at radius 3 is 2.54 bits per heavy atom. The van der Waals surface area contributed by atoms with Crippen LogP contribution in [-0.2, 0) is 15.9 Å². The summed E-state index contributed by atoms with van der Waals surface area (Å²) in [5.74, 6) is 0.902. The van der Waals surface area contributed by atoms with Crippen LogP contribution in [0.3, 0.4) is 0 Å². The molecular weight excluding hydrogens is 326 g/mol. The minimum absolute atomic E-state index is 0.273. The van der Waals surface area contributed by atoms with Gasteiger partial charge in [-0.15, -0.1) is 0 Å². The van der Waals surface area contributed by atoms with Gasteiger partial charge in [0.25, 0.3) is 0 Å². The van der Waals surface area contributed by atoms with Crippen LogP contribution in [0.2, 0.25) is 5.02 Å². The number of halogens is 1. The largest absolute Gasteiger partial charge is 0.486 e. The molecule has 1 aromatic carbocycles. The molecule has 2 aliphatic heterocycles. The first-order chi connectivity index (χ1) is 11.5. The molecular formula is C19H22ClNO3. The van der Waals surface area contributed by atoms with E-state index >= 15 is 0 Å². The number of nitrogens with zero attached hydrogens (tertiary/aromatic N) is 1. The van der Waals surface area contributed by atoms with Gasteiger partial charge in [0.1, 0.15) is 11.4 Å². The standard InChI is InChI=1S/C19H22ClNO3/c1-12-13(11-21)9-16(20)15-10-18(2,24-17(12)15)14-3-5-19(6-4-14)22-7-8-23-19/h9,14H,3-8,10H2,1-2H3. The van der Waals surface area contributed by atoms with Crippen LogP contribution in [-0.4, -0.2) is 24.6 Å². The monoisotopic (exact) mass is 347 g/mol. The molecule has 5 heteroatoms. The molecule has 1 unspecified atom stereocenters. The van der Waals surface area contributed by atoms with E-state index in [2.05, 4.69) is 13.0 Å². The van der Waals surface area contributed by atoms with Crippen molar-refractivity contribution in [2.75, 3.05) is 13.2 Å². The number of hydrogen-bond acceptors (Lipinski definition) is 4. The molecule has 0 amide bonds. The Bertz CT molecular complexity index is 710. The van der Waals surface area contributed by atoms with Crippen molar-refractivity contribution in [1.82, 2.24) is 0 Å². The zero-order valence-electron chi connectivity index (χ0n) is 14.2. The van der Waals surface area contributed by atoms with Gasteiger partial charge in [0.05, 0.1) is 24.8 Å².